The van der Waals surface area contributed by atoms with E-state index in [2.05, 4.69) is 9.88 Å². The van der Waals surface area contributed by atoms with Gasteiger partial charge in [0.2, 0.25) is 5.43 Å². The second kappa shape index (κ2) is 6.62. The Kier molecular flexibility index (Phi) is 4.57. The molecule has 0 amide bonds. The summed E-state index contributed by atoms with van der Waals surface area (Å²) in [6.07, 6.45) is 4.84. The topological polar surface area (TPSA) is 62.4 Å². The van der Waals surface area contributed by atoms with Gasteiger partial charge in [-0.3, -0.25) is 4.79 Å². The Morgan fingerprint density at radius 2 is 2.04 bits per heavy atom. The molecular formula is C17H19ClN2O3. The minimum Gasteiger partial charge on any atom is -0.462 e. The van der Waals surface area contributed by atoms with Crippen molar-refractivity contribution in [2.45, 2.75) is 26.2 Å². The van der Waals surface area contributed by atoms with E-state index >= 15 is 0 Å². The van der Waals surface area contributed by atoms with Gasteiger partial charge in [-0.2, -0.15) is 0 Å². The number of halogens is 1. The number of hydrogen-bond acceptors (Lipinski definition) is 4. The van der Waals surface area contributed by atoms with Crippen molar-refractivity contribution in [1.29, 1.82) is 0 Å². The molecule has 0 aliphatic carbocycles. The first-order valence-corrected chi connectivity index (χ1v) is 8.26. The number of carbonyl (C=O) groups excluding carboxylic acids is 1. The maximum absolute atomic E-state index is 12.6. The molecule has 0 saturated carbocycles. The Balaban J connectivity index is 2.10. The summed E-state index contributed by atoms with van der Waals surface area (Å²) in [6, 6.07) is 3.53. The van der Waals surface area contributed by atoms with Crippen LogP contribution < -0.4 is 10.3 Å². The van der Waals surface area contributed by atoms with Crippen LogP contribution in [-0.2, 0) is 4.74 Å². The molecule has 122 valence electrons. The number of ether oxygens (including phenoxy) is 1. The van der Waals surface area contributed by atoms with E-state index in [9.17, 15) is 9.59 Å². The summed E-state index contributed by atoms with van der Waals surface area (Å²) < 4.78 is 4.93. The summed E-state index contributed by atoms with van der Waals surface area (Å²) in [6.45, 7) is 3.80. The van der Waals surface area contributed by atoms with Crippen molar-refractivity contribution in [3.63, 3.8) is 0 Å². The molecule has 0 atom stereocenters. The third-order valence-corrected chi connectivity index (χ3v) is 4.44. The molecule has 3 rings (SSSR count). The molecule has 1 fully saturated rings. The Morgan fingerprint density at radius 3 is 2.74 bits per heavy atom. The molecule has 0 unspecified atom stereocenters. The number of piperidine rings is 1. The molecule has 2 heterocycles. The molecule has 6 heteroatoms. The smallest absolute Gasteiger partial charge is 0.343 e. The number of nitrogens with one attached hydrogen (secondary N) is 1. The Hall–Kier alpha value is -2.01. The minimum atomic E-state index is -0.606. The monoisotopic (exact) mass is 334 g/mol. The van der Waals surface area contributed by atoms with E-state index in [0.717, 1.165) is 31.6 Å². The van der Waals surface area contributed by atoms with Gasteiger partial charge in [-0.1, -0.05) is 11.6 Å². The fraction of sp³-hybridized carbons (Fsp3) is 0.412. The summed E-state index contributed by atoms with van der Waals surface area (Å²) in [5.74, 6) is -0.606. The molecule has 23 heavy (non-hydrogen) atoms. The van der Waals surface area contributed by atoms with Gasteiger partial charge in [0.15, 0.2) is 0 Å². The van der Waals surface area contributed by atoms with Crippen molar-refractivity contribution in [3.05, 3.63) is 39.1 Å². The summed E-state index contributed by atoms with van der Waals surface area (Å²) in [5, 5.41) is 1.07. The van der Waals surface area contributed by atoms with Gasteiger partial charge in [-0.25, -0.2) is 4.79 Å². The standard InChI is InChI=1S/C17H19ClN2O3/c1-2-23-17(22)12-10-19-14-9-13(18)15(8-11(14)16(12)21)20-6-4-3-5-7-20/h8-10H,2-7H2,1H3,(H,19,21). The summed E-state index contributed by atoms with van der Waals surface area (Å²) in [5.41, 5.74) is 1.16. The predicted octanol–water partition coefficient (Wildman–Crippen LogP) is 3.35. The first kappa shape index (κ1) is 15.9. The molecule has 5 nitrogen and oxygen atoms in total. The van der Waals surface area contributed by atoms with Gasteiger partial charge in [0.25, 0.3) is 0 Å². The van der Waals surface area contributed by atoms with Crippen LogP contribution in [-0.4, -0.2) is 30.6 Å². The summed E-state index contributed by atoms with van der Waals surface area (Å²) in [7, 11) is 0. The Labute approximate surface area is 139 Å². The third kappa shape index (κ3) is 3.06. The van der Waals surface area contributed by atoms with Crippen LogP contribution in [0, 0.1) is 0 Å². The lowest BCUT2D eigenvalue weighted by Crippen LogP contribution is -2.29. The fourth-order valence-electron chi connectivity index (χ4n) is 2.97. The largest absolute Gasteiger partial charge is 0.462 e. The van der Waals surface area contributed by atoms with Crippen LogP contribution in [0.1, 0.15) is 36.5 Å². The highest BCUT2D eigenvalue weighted by atomic mass is 35.5. The number of aromatic amines is 1. The first-order chi connectivity index (χ1) is 11.1. The number of benzene rings is 1. The van der Waals surface area contributed by atoms with Crippen LogP contribution in [0.4, 0.5) is 5.69 Å². The molecule has 1 aromatic heterocycles. The molecule has 1 aromatic carbocycles. The number of H-pyrrole nitrogens is 1. The molecule has 1 aliphatic heterocycles. The van der Waals surface area contributed by atoms with Crippen molar-refractivity contribution >= 4 is 34.2 Å². The van der Waals surface area contributed by atoms with Crippen molar-refractivity contribution in [2.75, 3.05) is 24.6 Å². The zero-order chi connectivity index (χ0) is 16.4. The lowest BCUT2D eigenvalue weighted by molar-refractivity contribution is 0.0524. The number of pyridine rings is 1. The predicted molar refractivity (Wildman–Crippen MR) is 91.6 cm³/mol. The number of nitrogens with zero attached hydrogens (tertiary/aromatic N) is 1. The van der Waals surface area contributed by atoms with Gasteiger partial charge < -0.3 is 14.6 Å². The highest BCUT2D eigenvalue weighted by molar-refractivity contribution is 6.34. The highest BCUT2D eigenvalue weighted by Gasteiger charge is 2.18. The van der Waals surface area contributed by atoms with Gasteiger partial charge in [-0.15, -0.1) is 0 Å². The minimum absolute atomic E-state index is 0.0197. The van der Waals surface area contributed by atoms with Crippen molar-refractivity contribution in [3.8, 4) is 0 Å². The maximum Gasteiger partial charge on any atom is 0.343 e. The van der Waals surface area contributed by atoms with Crippen molar-refractivity contribution in [2.24, 2.45) is 0 Å². The van der Waals surface area contributed by atoms with Crippen LogP contribution >= 0.6 is 11.6 Å². The van der Waals surface area contributed by atoms with Crippen molar-refractivity contribution in [1.82, 2.24) is 4.98 Å². The lowest BCUT2D eigenvalue weighted by atomic mass is 10.1. The zero-order valence-corrected chi connectivity index (χ0v) is 13.8. The van der Waals surface area contributed by atoms with Gasteiger partial charge in [-0.05, 0) is 38.3 Å². The van der Waals surface area contributed by atoms with Gasteiger partial charge >= 0.3 is 5.97 Å². The average Bonchev–Trinajstić information content (AvgIpc) is 2.55. The lowest BCUT2D eigenvalue weighted by Gasteiger charge is -2.29. The normalized spacial score (nSPS) is 15.0. The second-order valence-corrected chi connectivity index (χ2v) is 6.06. The molecule has 0 spiro atoms. The number of carbonyl (C=O) groups is 1. The maximum atomic E-state index is 12.6. The van der Waals surface area contributed by atoms with Crippen molar-refractivity contribution < 1.29 is 9.53 Å². The Bertz CT molecular complexity index is 794. The molecule has 1 aliphatic rings. The fourth-order valence-corrected chi connectivity index (χ4v) is 3.25. The number of hydrogen-bond donors (Lipinski definition) is 1. The van der Waals surface area contributed by atoms with E-state index in [0.29, 0.717) is 15.9 Å². The molecule has 0 radical (unpaired) electrons. The molecule has 0 bridgehead atoms. The quantitative estimate of drug-likeness (QED) is 0.874. The Morgan fingerprint density at radius 1 is 1.30 bits per heavy atom. The molecule has 1 saturated heterocycles. The van der Waals surface area contributed by atoms with Gasteiger partial charge in [0, 0.05) is 24.7 Å². The molecular weight excluding hydrogens is 316 g/mol. The summed E-state index contributed by atoms with van der Waals surface area (Å²) >= 11 is 6.39. The first-order valence-electron chi connectivity index (χ1n) is 7.89. The number of anilines is 1. The second-order valence-electron chi connectivity index (χ2n) is 5.65. The van der Waals surface area contributed by atoms with E-state index in [1.54, 1.807) is 19.1 Å². The number of esters is 1. The SMILES string of the molecule is CCOC(=O)c1c[nH]c2cc(Cl)c(N3CCCCC3)cc2c1=O. The van der Waals surface area contributed by atoms with E-state index < -0.39 is 5.97 Å². The van der Waals surface area contributed by atoms with E-state index in [-0.39, 0.29) is 17.6 Å². The van der Waals surface area contributed by atoms with E-state index in [1.807, 2.05) is 0 Å². The van der Waals surface area contributed by atoms with E-state index in [1.165, 1.54) is 12.6 Å². The van der Waals surface area contributed by atoms with Gasteiger partial charge in [0.1, 0.15) is 5.56 Å². The zero-order valence-electron chi connectivity index (χ0n) is 13.0. The number of aromatic nitrogens is 1. The highest BCUT2D eigenvalue weighted by Crippen LogP contribution is 2.31. The van der Waals surface area contributed by atoms with Crippen LogP contribution in [0.5, 0.6) is 0 Å². The summed E-state index contributed by atoms with van der Waals surface area (Å²) in [4.78, 5) is 29.7. The van der Waals surface area contributed by atoms with Crippen LogP contribution in [0.2, 0.25) is 5.02 Å². The van der Waals surface area contributed by atoms with Crippen LogP contribution in [0.25, 0.3) is 10.9 Å². The average molecular weight is 335 g/mol. The van der Waals surface area contributed by atoms with E-state index in [4.69, 9.17) is 16.3 Å². The van der Waals surface area contributed by atoms with Gasteiger partial charge in [0.05, 0.1) is 22.8 Å². The van der Waals surface area contributed by atoms with Crippen LogP contribution in [0.15, 0.2) is 23.1 Å². The number of fused-ring (bicyclic) bond motifs is 1. The molecule has 1 N–H and O–H groups in total. The molecule has 2 aromatic rings. The third-order valence-electron chi connectivity index (χ3n) is 4.14. The van der Waals surface area contributed by atoms with Crippen LogP contribution in [0.3, 0.4) is 0 Å². The number of rotatable bonds is 3.